The summed E-state index contributed by atoms with van der Waals surface area (Å²) in [4.78, 5) is 30.1. The molecule has 0 heterocycles. The molecule has 0 saturated carbocycles. The molecule has 0 radical (unpaired) electrons. The molecule has 0 bridgehead atoms. The van der Waals surface area contributed by atoms with E-state index < -0.39 is 39.9 Å². The van der Waals surface area contributed by atoms with Gasteiger partial charge in [-0.15, -0.1) is 0 Å². The van der Waals surface area contributed by atoms with Crippen molar-refractivity contribution in [2.24, 2.45) is 0 Å². The Kier molecular flexibility index (Phi) is 4.20. The summed E-state index contributed by atoms with van der Waals surface area (Å²) in [6.07, 6.45) is 0. The fourth-order valence-corrected chi connectivity index (χ4v) is 2.96. The lowest BCUT2D eigenvalue weighted by Crippen LogP contribution is -2.14. The van der Waals surface area contributed by atoms with Gasteiger partial charge < -0.3 is 9.42 Å². The van der Waals surface area contributed by atoms with Gasteiger partial charge in [-0.2, -0.15) is 0 Å². The molecule has 0 spiro atoms. The van der Waals surface area contributed by atoms with Crippen LogP contribution in [0.1, 0.15) is 0 Å². The van der Waals surface area contributed by atoms with Gasteiger partial charge in [-0.25, -0.2) is 4.57 Å². The standard InChI is InChI=1S/C12H9N2O7P/c15-13(16)9-5-1-3-7-11(9)21-22(19,20)12-8-4-2-6-10(12)14(17)18/h1-8H,(H,19,20). The summed E-state index contributed by atoms with van der Waals surface area (Å²) in [6.45, 7) is 0. The molecule has 0 aliphatic rings. The van der Waals surface area contributed by atoms with Crippen LogP contribution in [0.2, 0.25) is 0 Å². The summed E-state index contributed by atoms with van der Waals surface area (Å²) in [5.41, 5.74) is -1.12. The molecule has 0 fully saturated rings. The average Bonchev–Trinajstić information content (AvgIpc) is 2.47. The Bertz CT molecular complexity index is 793. The molecule has 2 aromatic rings. The maximum absolute atomic E-state index is 12.3. The van der Waals surface area contributed by atoms with E-state index in [1.54, 1.807) is 0 Å². The van der Waals surface area contributed by atoms with E-state index in [1.807, 2.05) is 0 Å². The highest BCUT2D eigenvalue weighted by atomic mass is 31.2. The lowest BCUT2D eigenvalue weighted by molar-refractivity contribution is -0.385. The van der Waals surface area contributed by atoms with E-state index in [9.17, 15) is 29.7 Å². The molecule has 2 aromatic carbocycles. The Balaban J connectivity index is 2.48. The molecule has 1 unspecified atom stereocenters. The Morgan fingerprint density at radius 1 is 0.909 bits per heavy atom. The molecular weight excluding hydrogens is 315 g/mol. The molecule has 1 N–H and O–H groups in total. The Morgan fingerprint density at radius 2 is 1.41 bits per heavy atom. The molecule has 9 nitrogen and oxygen atoms in total. The molecule has 2 rings (SSSR count). The van der Waals surface area contributed by atoms with Crippen molar-refractivity contribution in [3.63, 3.8) is 0 Å². The van der Waals surface area contributed by atoms with Crippen LogP contribution in [0.4, 0.5) is 11.4 Å². The first-order valence-electron chi connectivity index (χ1n) is 5.83. The van der Waals surface area contributed by atoms with Gasteiger partial charge in [0.1, 0.15) is 0 Å². The van der Waals surface area contributed by atoms with Crippen LogP contribution >= 0.6 is 7.60 Å². The molecule has 22 heavy (non-hydrogen) atoms. The van der Waals surface area contributed by atoms with Gasteiger partial charge >= 0.3 is 13.3 Å². The van der Waals surface area contributed by atoms with Crippen LogP contribution in [0.25, 0.3) is 0 Å². The van der Waals surface area contributed by atoms with Crippen LogP contribution in [-0.4, -0.2) is 14.7 Å². The predicted molar refractivity (Wildman–Crippen MR) is 76.3 cm³/mol. The van der Waals surface area contributed by atoms with Crippen LogP contribution in [0.15, 0.2) is 48.5 Å². The molecule has 0 saturated heterocycles. The molecular formula is C12H9N2O7P. The van der Waals surface area contributed by atoms with Crippen molar-refractivity contribution in [1.29, 1.82) is 0 Å². The fourth-order valence-electron chi connectivity index (χ4n) is 1.73. The van der Waals surface area contributed by atoms with Crippen molar-refractivity contribution < 1.29 is 23.8 Å². The van der Waals surface area contributed by atoms with Gasteiger partial charge in [0.15, 0.2) is 5.30 Å². The lowest BCUT2D eigenvalue weighted by Gasteiger charge is -2.13. The summed E-state index contributed by atoms with van der Waals surface area (Å²) in [5, 5.41) is 21.2. The van der Waals surface area contributed by atoms with Crippen LogP contribution in [-0.2, 0) is 4.57 Å². The third-order valence-electron chi connectivity index (χ3n) is 2.67. The fraction of sp³-hybridized carbons (Fsp3) is 0. The lowest BCUT2D eigenvalue weighted by atomic mass is 10.3. The van der Waals surface area contributed by atoms with Gasteiger partial charge in [0.05, 0.1) is 9.85 Å². The quantitative estimate of drug-likeness (QED) is 0.507. The van der Waals surface area contributed by atoms with Crippen LogP contribution < -0.4 is 9.83 Å². The third-order valence-corrected chi connectivity index (χ3v) is 4.10. The monoisotopic (exact) mass is 324 g/mol. The number of hydrogen-bond acceptors (Lipinski definition) is 6. The molecule has 1 atom stereocenters. The maximum atomic E-state index is 12.3. The number of rotatable bonds is 5. The van der Waals surface area contributed by atoms with Gasteiger partial charge in [0.25, 0.3) is 5.69 Å². The van der Waals surface area contributed by atoms with Gasteiger partial charge in [0.2, 0.25) is 5.75 Å². The van der Waals surface area contributed by atoms with Crippen molar-refractivity contribution in [2.45, 2.75) is 0 Å². The number of benzene rings is 2. The summed E-state index contributed by atoms with van der Waals surface area (Å²) < 4.78 is 17.1. The predicted octanol–water partition coefficient (Wildman–Crippen LogP) is 2.39. The first-order chi connectivity index (χ1) is 10.3. The van der Waals surface area contributed by atoms with Crippen molar-refractivity contribution >= 4 is 24.3 Å². The second kappa shape index (κ2) is 5.92. The SMILES string of the molecule is O=[N+]([O-])c1ccccc1OP(=O)(O)c1ccccc1[N+](=O)[O-]. The molecule has 0 aromatic heterocycles. The van der Waals surface area contributed by atoms with Crippen molar-refractivity contribution in [2.75, 3.05) is 0 Å². The summed E-state index contributed by atoms with van der Waals surface area (Å²) in [5.74, 6) is -0.448. The Labute approximate surface area is 123 Å². The number of para-hydroxylation sites is 3. The largest absolute Gasteiger partial charge is 0.415 e. The molecule has 0 amide bonds. The minimum Gasteiger partial charge on any atom is -0.414 e. The Hall–Kier alpha value is -2.77. The second-order valence-corrected chi connectivity index (χ2v) is 5.79. The van der Waals surface area contributed by atoms with E-state index in [2.05, 4.69) is 0 Å². The zero-order valence-electron chi connectivity index (χ0n) is 10.9. The average molecular weight is 324 g/mol. The topological polar surface area (TPSA) is 133 Å². The van der Waals surface area contributed by atoms with Gasteiger partial charge in [-0.05, 0) is 12.1 Å². The summed E-state index contributed by atoms with van der Waals surface area (Å²) >= 11 is 0. The van der Waals surface area contributed by atoms with Gasteiger partial charge in [-0.1, -0.05) is 24.3 Å². The molecule has 10 heteroatoms. The van der Waals surface area contributed by atoms with Crippen LogP contribution in [0.5, 0.6) is 5.75 Å². The van der Waals surface area contributed by atoms with Crippen LogP contribution in [0, 0.1) is 20.2 Å². The minimum atomic E-state index is -4.67. The third kappa shape index (κ3) is 3.11. The second-order valence-electron chi connectivity index (χ2n) is 4.08. The first-order valence-corrected chi connectivity index (χ1v) is 7.40. The number of nitro groups is 2. The van der Waals surface area contributed by atoms with E-state index in [4.69, 9.17) is 4.52 Å². The highest BCUT2D eigenvalue weighted by molar-refractivity contribution is 7.62. The minimum absolute atomic E-state index is 0.448. The van der Waals surface area contributed by atoms with E-state index in [-0.39, 0.29) is 0 Å². The van der Waals surface area contributed by atoms with Gasteiger partial charge in [0, 0.05) is 12.1 Å². The molecule has 114 valence electrons. The Morgan fingerprint density at radius 3 is 2.00 bits per heavy atom. The number of nitro benzene ring substituents is 2. The molecule has 0 aliphatic heterocycles. The normalized spacial score (nSPS) is 13.1. The smallest absolute Gasteiger partial charge is 0.414 e. The van der Waals surface area contributed by atoms with Crippen LogP contribution in [0.3, 0.4) is 0 Å². The maximum Gasteiger partial charge on any atom is 0.415 e. The summed E-state index contributed by atoms with van der Waals surface area (Å²) in [7, 11) is -4.67. The number of hydrogen-bond donors (Lipinski definition) is 1. The van der Waals surface area contributed by atoms with E-state index in [0.717, 1.165) is 24.3 Å². The van der Waals surface area contributed by atoms with E-state index >= 15 is 0 Å². The zero-order valence-corrected chi connectivity index (χ0v) is 11.8. The van der Waals surface area contributed by atoms with Crippen molar-refractivity contribution in [3.05, 3.63) is 68.8 Å². The zero-order chi connectivity index (χ0) is 16.3. The van der Waals surface area contributed by atoms with Crippen molar-refractivity contribution in [3.8, 4) is 5.75 Å². The van der Waals surface area contributed by atoms with E-state index in [1.165, 1.54) is 24.3 Å². The summed E-state index contributed by atoms with van der Waals surface area (Å²) in [6, 6.07) is 9.72. The molecule has 0 aliphatic carbocycles. The highest BCUT2D eigenvalue weighted by Gasteiger charge is 2.34. The van der Waals surface area contributed by atoms with Crippen molar-refractivity contribution in [1.82, 2.24) is 0 Å². The van der Waals surface area contributed by atoms with Gasteiger partial charge in [-0.3, -0.25) is 20.2 Å². The van der Waals surface area contributed by atoms with E-state index in [0.29, 0.717) is 0 Å². The highest BCUT2D eigenvalue weighted by Crippen LogP contribution is 2.46. The first kappa shape index (κ1) is 15.6. The number of nitrogens with zero attached hydrogens (tertiary/aromatic N) is 2.